The molecule has 0 aliphatic carbocycles. The Morgan fingerprint density at radius 3 is 2.50 bits per heavy atom. The van der Waals surface area contributed by atoms with Crippen molar-refractivity contribution in [3.8, 4) is 0 Å². The topological polar surface area (TPSA) is 33.2 Å². The average molecular weight is 390 g/mol. The molecule has 0 aliphatic rings. The number of fused-ring (bicyclic) bond motifs is 1. The number of rotatable bonds is 4. The zero-order valence-electron chi connectivity index (χ0n) is 15.6. The van der Waals surface area contributed by atoms with Gasteiger partial charge in [-0.25, -0.2) is 9.37 Å². The minimum absolute atomic E-state index is 0.0468. The third kappa shape index (κ3) is 3.53. The summed E-state index contributed by atoms with van der Waals surface area (Å²) in [5.41, 5.74) is 4.11. The molecule has 0 spiro atoms. The molecule has 1 amide bonds. The van der Waals surface area contributed by atoms with Crippen molar-refractivity contribution in [2.24, 2.45) is 0 Å². The molecule has 3 nitrogen and oxygen atoms in total. The number of hydrogen-bond acceptors (Lipinski definition) is 3. The van der Waals surface area contributed by atoms with Crippen molar-refractivity contribution in [1.29, 1.82) is 0 Å². The Labute approximate surface area is 167 Å². The highest BCUT2D eigenvalue weighted by atomic mass is 32.1. The van der Waals surface area contributed by atoms with Crippen molar-refractivity contribution in [3.63, 3.8) is 0 Å². The van der Waals surface area contributed by atoms with Crippen molar-refractivity contribution in [3.05, 3.63) is 94.8 Å². The van der Waals surface area contributed by atoms with Crippen LogP contribution in [0.4, 0.5) is 9.52 Å². The van der Waals surface area contributed by atoms with Crippen LogP contribution in [-0.4, -0.2) is 10.9 Å². The predicted molar refractivity (Wildman–Crippen MR) is 112 cm³/mol. The summed E-state index contributed by atoms with van der Waals surface area (Å²) in [7, 11) is 0. The van der Waals surface area contributed by atoms with Crippen LogP contribution in [-0.2, 0) is 6.54 Å². The number of carbonyl (C=O) groups excluding carboxylic acids is 1. The number of nitrogens with zero attached hydrogens (tertiary/aromatic N) is 2. The van der Waals surface area contributed by atoms with E-state index in [-0.39, 0.29) is 5.56 Å². The minimum Gasteiger partial charge on any atom is -0.279 e. The summed E-state index contributed by atoms with van der Waals surface area (Å²) in [6, 6.07) is 19.9. The summed E-state index contributed by atoms with van der Waals surface area (Å²) in [5, 5.41) is 0.570. The summed E-state index contributed by atoms with van der Waals surface area (Å²) in [5.74, 6) is -0.922. The second kappa shape index (κ2) is 7.52. The molecule has 0 saturated heterocycles. The first-order valence-electron chi connectivity index (χ1n) is 9.01. The van der Waals surface area contributed by atoms with E-state index in [0.717, 1.165) is 26.9 Å². The Balaban J connectivity index is 1.82. The molecule has 0 radical (unpaired) electrons. The molecular weight excluding hydrogens is 371 g/mol. The number of aryl methyl sites for hydroxylation is 2. The highest BCUT2D eigenvalue weighted by Crippen LogP contribution is 2.33. The van der Waals surface area contributed by atoms with Gasteiger partial charge in [-0.2, -0.15) is 0 Å². The second-order valence-corrected chi connectivity index (χ2v) is 7.76. The molecule has 0 N–H and O–H groups in total. The number of aromatic nitrogens is 1. The third-order valence-electron chi connectivity index (χ3n) is 4.57. The highest BCUT2D eigenvalue weighted by Gasteiger charge is 2.24. The fraction of sp³-hybridized carbons (Fsp3) is 0.130. The van der Waals surface area contributed by atoms with Gasteiger partial charge in [0.15, 0.2) is 5.13 Å². The third-order valence-corrected chi connectivity index (χ3v) is 5.80. The van der Waals surface area contributed by atoms with E-state index in [1.807, 2.05) is 50.2 Å². The molecule has 0 bridgehead atoms. The van der Waals surface area contributed by atoms with E-state index in [9.17, 15) is 9.18 Å². The maximum Gasteiger partial charge on any atom is 0.263 e. The summed E-state index contributed by atoms with van der Waals surface area (Å²) < 4.78 is 15.4. The molecule has 3 aromatic carbocycles. The number of amides is 1. The number of anilines is 1. The first-order valence-corrected chi connectivity index (χ1v) is 9.82. The van der Waals surface area contributed by atoms with E-state index >= 15 is 0 Å². The van der Waals surface area contributed by atoms with E-state index in [2.05, 4.69) is 6.07 Å². The van der Waals surface area contributed by atoms with Crippen LogP contribution in [0.25, 0.3) is 10.2 Å². The van der Waals surface area contributed by atoms with Crippen LogP contribution in [0, 0.1) is 19.7 Å². The van der Waals surface area contributed by atoms with Gasteiger partial charge < -0.3 is 0 Å². The van der Waals surface area contributed by atoms with Crippen molar-refractivity contribution in [2.45, 2.75) is 20.4 Å². The molecule has 0 fully saturated rings. The van der Waals surface area contributed by atoms with Crippen LogP contribution in [0.3, 0.4) is 0 Å². The smallest absolute Gasteiger partial charge is 0.263 e. The Morgan fingerprint density at radius 2 is 1.75 bits per heavy atom. The molecule has 5 heteroatoms. The molecule has 4 aromatic rings. The van der Waals surface area contributed by atoms with Crippen LogP contribution in [0.2, 0.25) is 0 Å². The Morgan fingerprint density at radius 1 is 1.04 bits per heavy atom. The number of thiazole rings is 1. The number of carbonyl (C=O) groups is 1. The van der Waals surface area contributed by atoms with E-state index in [1.165, 1.54) is 23.5 Å². The average Bonchev–Trinajstić information content (AvgIpc) is 3.11. The molecule has 0 aliphatic heterocycles. The molecular formula is C23H19FN2OS. The van der Waals surface area contributed by atoms with Gasteiger partial charge in [0.25, 0.3) is 5.91 Å². The van der Waals surface area contributed by atoms with Crippen LogP contribution >= 0.6 is 11.3 Å². The molecule has 28 heavy (non-hydrogen) atoms. The van der Waals surface area contributed by atoms with Gasteiger partial charge in [-0.05, 0) is 48.7 Å². The monoisotopic (exact) mass is 390 g/mol. The van der Waals surface area contributed by atoms with Crippen LogP contribution in [0.15, 0.2) is 66.7 Å². The lowest BCUT2D eigenvalue weighted by Crippen LogP contribution is -2.31. The van der Waals surface area contributed by atoms with E-state index in [4.69, 9.17) is 4.98 Å². The molecule has 1 heterocycles. The summed E-state index contributed by atoms with van der Waals surface area (Å²) >= 11 is 1.46. The molecule has 0 saturated carbocycles. The minimum atomic E-state index is -0.529. The van der Waals surface area contributed by atoms with Gasteiger partial charge in [-0.15, -0.1) is 0 Å². The number of halogens is 1. The van der Waals surface area contributed by atoms with Crippen LogP contribution < -0.4 is 4.90 Å². The van der Waals surface area contributed by atoms with Gasteiger partial charge in [0.1, 0.15) is 5.82 Å². The lowest BCUT2D eigenvalue weighted by molar-refractivity contribution is 0.0981. The molecule has 0 atom stereocenters. The first-order chi connectivity index (χ1) is 13.5. The Hall–Kier alpha value is -3.05. The fourth-order valence-electron chi connectivity index (χ4n) is 3.25. The summed E-state index contributed by atoms with van der Waals surface area (Å²) in [6.07, 6.45) is 0. The van der Waals surface area contributed by atoms with Crippen LogP contribution in [0.1, 0.15) is 27.0 Å². The SMILES string of the molecule is Cc1cc(C)c2sc(N(Cc3ccccc3)C(=O)c3ccccc3F)nc2c1. The van der Waals surface area contributed by atoms with Gasteiger partial charge in [0, 0.05) is 0 Å². The summed E-state index contributed by atoms with van der Waals surface area (Å²) in [6.45, 7) is 4.39. The number of hydrogen-bond donors (Lipinski definition) is 0. The molecule has 140 valence electrons. The van der Waals surface area contributed by atoms with Crippen LogP contribution in [0.5, 0.6) is 0 Å². The Kier molecular flexibility index (Phi) is 4.92. The van der Waals surface area contributed by atoms with Crippen molar-refractivity contribution in [2.75, 3.05) is 4.90 Å². The van der Waals surface area contributed by atoms with Gasteiger partial charge in [-0.1, -0.05) is 59.9 Å². The summed E-state index contributed by atoms with van der Waals surface area (Å²) in [4.78, 5) is 19.5. The zero-order valence-corrected chi connectivity index (χ0v) is 16.5. The standard InChI is InChI=1S/C23H19FN2OS/c1-15-12-16(2)21-20(13-15)25-23(28-21)26(14-17-8-4-3-5-9-17)22(27)18-10-6-7-11-19(18)24/h3-13H,14H2,1-2H3. The Bertz CT molecular complexity index is 1150. The maximum atomic E-state index is 14.3. The first kappa shape index (κ1) is 18.3. The normalized spacial score (nSPS) is 11.0. The van der Waals surface area contributed by atoms with E-state index < -0.39 is 11.7 Å². The molecule has 1 aromatic heterocycles. The largest absolute Gasteiger partial charge is 0.279 e. The lowest BCUT2D eigenvalue weighted by Gasteiger charge is -2.20. The second-order valence-electron chi connectivity index (χ2n) is 6.78. The van der Waals surface area contributed by atoms with Crippen molar-refractivity contribution in [1.82, 2.24) is 4.98 Å². The molecule has 0 unspecified atom stereocenters. The van der Waals surface area contributed by atoms with Gasteiger partial charge in [0.2, 0.25) is 0 Å². The predicted octanol–water partition coefficient (Wildman–Crippen LogP) is 5.90. The van der Waals surface area contributed by atoms with Gasteiger partial charge in [0.05, 0.1) is 22.3 Å². The van der Waals surface area contributed by atoms with E-state index in [0.29, 0.717) is 11.7 Å². The molecule has 4 rings (SSSR count). The van der Waals surface area contributed by atoms with Gasteiger partial charge >= 0.3 is 0 Å². The van der Waals surface area contributed by atoms with E-state index in [1.54, 1.807) is 17.0 Å². The van der Waals surface area contributed by atoms with Crippen molar-refractivity contribution < 1.29 is 9.18 Å². The zero-order chi connectivity index (χ0) is 19.7. The fourth-order valence-corrected chi connectivity index (χ4v) is 4.27. The van der Waals surface area contributed by atoms with Crippen molar-refractivity contribution >= 4 is 32.6 Å². The lowest BCUT2D eigenvalue weighted by atomic mass is 10.1. The van der Waals surface area contributed by atoms with Gasteiger partial charge in [-0.3, -0.25) is 9.69 Å². The number of benzene rings is 3. The quantitative estimate of drug-likeness (QED) is 0.435. The highest BCUT2D eigenvalue weighted by molar-refractivity contribution is 7.22. The maximum absolute atomic E-state index is 14.3.